The van der Waals surface area contributed by atoms with Gasteiger partial charge in [0.2, 0.25) is 0 Å². The van der Waals surface area contributed by atoms with E-state index in [0.717, 1.165) is 10.0 Å². The Morgan fingerprint density at radius 2 is 2.17 bits per heavy atom. The summed E-state index contributed by atoms with van der Waals surface area (Å²) >= 11 is 4.96. The van der Waals surface area contributed by atoms with Crippen LogP contribution in [0.3, 0.4) is 0 Å². The summed E-state index contributed by atoms with van der Waals surface area (Å²) < 4.78 is 0.805. The minimum Gasteiger partial charge on any atom is -0.399 e. The van der Waals surface area contributed by atoms with Crippen LogP contribution in [0.25, 0.3) is 0 Å². The van der Waals surface area contributed by atoms with Crippen molar-refractivity contribution in [1.29, 1.82) is 0 Å². The van der Waals surface area contributed by atoms with Crippen molar-refractivity contribution >= 4 is 38.9 Å². The van der Waals surface area contributed by atoms with Crippen molar-refractivity contribution in [3.63, 3.8) is 0 Å². The molecule has 0 aliphatic heterocycles. The molecule has 0 fully saturated rings. The monoisotopic (exact) mass is 324 g/mol. The summed E-state index contributed by atoms with van der Waals surface area (Å²) in [6.07, 6.45) is 0. The summed E-state index contributed by atoms with van der Waals surface area (Å²) in [5, 5.41) is 7.00. The quantitative estimate of drug-likeness (QED) is 0.851. The summed E-state index contributed by atoms with van der Waals surface area (Å²) in [7, 11) is 0. The van der Waals surface area contributed by atoms with Crippen LogP contribution in [0.5, 0.6) is 0 Å². The van der Waals surface area contributed by atoms with Crippen molar-refractivity contribution < 1.29 is 4.79 Å². The first kappa shape index (κ1) is 13.1. The zero-order valence-corrected chi connectivity index (χ0v) is 12.3. The molecule has 2 rings (SSSR count). The number of rotatable bonds is 3. The molecule has 5 heteroatoms. The molecule has 0 bridgehead atoms. The molecular formula is C13H13BrN2OS. The topological polar surface area (TPSA) is 55.1 Å². The minimum absolute atomic E-state index is 0.117. The molecule has 18 heavy (non-hydrogen) atoms. The number of benzene rings is 1. The zero-order valence-electron chi connectivity index (χ0n) is 9.87. The Balaban J connectivity index is 2.06. The molecular weight excluding hydrogens is 312 g/mol. The summed E-state index contributed by atoms with van der Waals surface area (Å²) in [5.41, 5.74) is 9.19. The van der Waals surface area contributed by atoms with Gasteiger partial charge in [-0.25, -0.2) is 0 Å². The Labute approximate surface area is 118 Å². The highest BCUT2D eigenvalue weighted by molar-refractivity contribution is 9.10. The second-order valence-electron chi connectivity index (χ2n) is 4.04. The highest BCUT2D eigenvalue weighted by Crippen LogP contribution is 2.18. The van der Waals surface area contributed by atoms with E-state index >= 15 is 0 Å². The highest BCUT2D eigenvalue weighted by atomic mass is 79.9. The lowest BCUT2D eigenvalue weighted by Crippen LogP contribution is -2.23. The number of amides is 1. The SMILES string of the molecule is Cc1cscc1CNC(=O)c1cc(N)cc(Br)c1. The maximum atomic E-state index is 12.0. The van der Waals surface area contributed by atoms with Gasteiger partial charge in [-0.15, -0.1) is 0 Å². The average molecular weight is 325 g/mol. The van der Waals surface area contributed by atoms with Gasteiger partial charge in [0, 0.05) is 22.3 Å². The fraction of sp³-hybridized carbons (Fsp3) is 0.154. The molecule has 3 N–H and O–H groups in total. The second kappa shape index (κ2) is 5.54. The number of anilines is 1. The minimum atomic E-state index is -0.117. The lowest BCUT2D eigenvalue weighted by atomic mass is 10.1. The number of halogens is 1. The maximum Gasteiger partial charge on any atom is 0.251 e. The molecule has 1 aromatic heterocycles. The number of nitrogen functional groups attached to an aromatic ring is 1. The van der Waals surface area contributed by atoms with E-state index in [1.807, 2.05) is 12.3 Å². The lowest BCUT2D eigenvalue weighted by molar-refractivity contribution is 0.0951. The molecule has 94 valence electrons. The van der Waals surface area contributed by atoms with E-state index < -0.39 is 0 Å². The first-order chi connectivity index (χ1) is 8.56. The molecule has 1 amide bonds. The Morgan fingerprint density at radius 1 is 1.39 bits per heavy atom. The summed E-state index contributed by atoms with van der Waals surface area (Å²) in [5.74, 6) is -0.117. The average Bonchev–Trinajstić information content (AvgIpc) is 2.70. The number of thiophene rings is 1. The van der Waals surface area contributed by atoms with Crippen LogP contribution < -0.4 is 11.1 Å². The number of carbonyl (C=O) groups excluding carboxylic acids is 1. The molecule has 1 heterocycles. The molecule has 0 radical (unpaired) electrons. The molecule has 0 aliphatic rings. The predicted molar refractivity (Wildman–Crippen MR) is 78.8 cm³/mol. The molecule has 0 saturated heterocycles. The van der Waals surface area contributed by atoms with E-state index in [0.29, 0.717) is 17.8 Å². The highest BCUT2D eigenvalue weighted by Gasteiger charge is 2.08. The van der Waals surface area contributed by atoms with Crippen LogP contribution in [0.15, 0.2) is 33.4 Å². The third-order valence-electron chi connectivity index (χ3n) is 2.58. The van der Waals surface area contributed by atoms with Gasteiger partial charge in [-0.05, 0) is 47.0 Å². The first-order valence-electron chi connectivity index (χ1n) is 5.42. The van der Waals surface area contributed by atoms with Crippen molar-refractivity contribution in [3.8, 4) is 0 Å². The van der Waals surface area contributed by atoms with Gasteiger partial charge in [0.1, 0.15) is 0 Å². The van der Waals surface area contributed by atoms with Gasteiger partial charge in [0.05, 0.1) is 0 Å². The Morgan fingerprint density at radius 3 is 2.78 bits per heavy atom. The molecule has 0 atom stereocenters. The molecule has 0 saturated carbocycles. The fourth-order valence-electron chi connectivity index (χ4n) is 1.59. The molecule has 0 unspecified atom stereocenters. The van der Waals surface area contributed by atoms with Crippen LogP contribution in [0.2, 0.25) is 0 Å². The van der Waals surface area contributed by atoms with E-state index in [2.05, 4.69) is 26.6 Å². The molecule has 1 aromatic carbocycles. The third kappa shape index (κ3) is 3.11. The molecule has 2 aromatic rings. The Hall–Kier alpha value is -1.33. The summed E-state index contributed by atoms with van der Waals surface area (Å²) in [6, 6.07) is 5.19. The first-order valence-corrected chi connectivity index (χ1v) is 7.16. The normalized spacial score (nSPS) is 10.3. The Bertz CT molecular complexity index is 560. The second-order valence-corrected chi connectivity index (χ2v) is 5.70. The zero-order chi connectivity index (χ0) is 13.1. The van der Waals surface area contributed by atoms with Crippen molar-refractivity contribution in [3.05, 3.63) is 50.1 Å². The van der Waals surface area contributed by atoms with Gasteiger partial charge in [-0.2, -0.15) is 11.3 Å². The van der Waals surface area contributed by atoms with E-state index in [1.54, 1.807) is 29.5 Å². The van der Waals surface area contributed by atoms with Gasteiger partial charge < -0.3 is 11.1 Å². The van der Waals surface area contributed by atoms with E-state index in [-0.39, 0.29) is 5.91 Å². The molecule has 0 aliphatic carbocycles. The van der Waals surface area contributed by atoms with Gasteiger partial charge in [0.15, 0.2) is 0 Å². The van der Waals surface area contributed by atoms with Crippen molar-refractivity contribution in [2.45, 2.75) is 13.5 Å². The summed E-state index contributed by atoms with van der Waals surface area (Å²) in [6.45, 7) is 2.58. The number of aryl methyl sites for hydroxylation is 1. The van der Waals surface area contributed by atoms with Crippen LogP contribution in [0.4, 0.5) is 5.69 Å². The smallest absolute Gasteiger partial charge is 0.251 e. The molecule has 3 nitrogen and oxygen atoms in total. The van der Waals surface area contributed by atoms with Crippen LogP contribution >= 0.6 is 27.3 Å². The van der Waals surface area contributed by atoms with Crippen LogP contribution in [-0.4, -0.2) is 5.91 Å². The largest absolute Gasteiger partial charge is 0.399 e. The maximum absolute atomic E-state index is 12.0. The standard InChI is InChI=1S/C13H13BrN2OS/c1-8-6-18-7-10(8)5-16-13(17)9-2-11(14)4-12(15)3-9/h2-4,6-7H,5,15H2,1H3,(H,16,17). The number of nitrogens with two attached hydrogens (primary N) is 1. The Kier molecular flexibility index (Phi) is 4.04. The number of hydrogen-bond donors (Lipinski definition) is 2. The number of nitrogens with one attached hydrogen (secondary N) is 1. The number of carbonyl (C=O) groups is 1. The van der Waals surface area contributed by atoms with E-state index in [4.69, 9.17) is 5.73 Å². The molecule has 0 spiro atoms. The van der Waals surface area contributed by atoms with E-state index in [1.165, 1.54) is 5.56 Å². The van der Waals surface area contributed by atoms with Crippen LogP contribution in [0.1, 0.15) is 21.5 Å². The summed E-state index contributed by atoms with van der Waals surface area (Å²) in [4.78, 5) is 12.0. The third-order valence-corrected chi connectivity index (χ3v) is 3.95. The van der Waals surface area contributed by atoms with Gasteiger partial charge in [-0.1, -0.05) is 15.9 Å². The van der Waals surface area contributed by atoms with Gasteiger partial charge >= 0.3 is 0 Å². The van der Waals surface area contributed by atoms with Gasteiger partial charge in [0.25, 0.3) is 5.91 Å². The fourth-order valence-corrected chi connectivity index (χ4v) is 2.96. The van der Waals surface area contributed by atoms with E-state index in [9.17, 15) is 4.79 Å². The lowest BCUT2D eigenvalue weighted by Gasteiger charge is -2.06. The predicted octanol–water partition coefficient (Wildman–Crippen LogP) is 3.33. The van der Waals surface area contributed by atoms with Crippen LogP contribution in [-0.2, 0) is 6.54 Å². The van der Waals surface area contributed by atoms with Gasteiger partial charge in [-0.3, -0.25) is 4.79 Å². The van der Waals surface area contributed by atoms with Crippen LogP contribution in [0, 0.1) is 6.92 Å². The van der Waals surface area contributed by atoms with Crippen molar-refractivity contribution in [2.24, 2.45) is 0 Å². The van der Waals surface area contributed by atoms with Crippen molar-refractivity contribution in [2.75, 3.05) is 5.73 Å². The van der Waals surface area contributed by atoms with Crippen molar-refractivity contribution in [1.82, 2.24) is 5.32 Å². The number of hydrogen-bond acceptors (Lipinski definition) is 3.